The molecule has 0 aromatic rings. The van der Waals surface area contributed by atoms with Crippen LogP contribution in [-0.2, 0) is 43.2 Å². The zero-order chi connectivity index (χ0) is 38.9. The molecular weight excluding hydrogens is 662 g/mol. The quantitative estimate of drug-likeness (QED) is 0.0527. The molecular formula is C31H53N7O12. The van der Waals surface area contributed by atoms with Gasteiger partial charge in [-0.25, -0.2) is 4.79 Å². The number of carbonyl (C=O) groups excluding carboxylic acids is 6. The van der Waals surface area contributed by atoms with Crippen LogP contribution in [-0.4, -0.2) is 105 Å². The second kappa shape index (κ2) is 22.0. The number of carboxylic acids is 3. The third-order valence-electron chi connectivity index (χ3n) is 7.51. The number of hydrogen-bond acceptors (Lipinski definition) is 10. The molecule has 0 aromatic heterocycles. The molecule has 0 bridgehead atoms. The van der Waals surface area contributed by atoms with Gasteiger partial charge in [0.25, 0.3) is 0 Å². The maximum Gasteiger partial charge on any atom is 0.326 e. The van der Waals surface area contributed by atoms with Crippen molar-refractivity contribution >= 4 is 53.4 Å². The van der Waals surface area contributed by atoms with Gasteiger partial charge < -0.3 is 53.4 Å². The van der Waals surface area contributed by atoms with Crippen LogP contribution in [0.25, 0.3) is 0 Å². The molecule has 0 aliphatic rings. The van der Waals surface area contributed by atoms with Crippen molar-refractivity contribution in [3.05, 3.63) is 0 Å². The highest BCUT2D eigenvalue weighted by Crippen LogP contribution is 2.13. The van der Waals surface area contributed by atoms with E-state index < -0.39 is 108 Å². The summed E-state index contributed by atoms with van der Waals surface area (Å²) in [6.45, 7) is 10.2. The zero-order valence-electron chi connectivity index (χ0n) is 29.3. The Balaban J connectivity index is 6.23. The summed E-state index contributed by atoms with van der Waals surface area (Å²) in [5.74, 6) is -10.7. The van der Waals surface area contributed by atoms with Crippen LogP contribution in [0.1, 0.15) is 86.5 Å². The smallest absolute Gasteiger partial charge is 0.326 e. The van der Waals surface area contributed by atoms with Gasteiger partial charge in [0.15, 0.2) is 0 Å². The van der Waals surface area contributed by atoms with E-state index >= 15 is 0 Å². The Kier molecular flexibility index (Phi) is 19.9. The van der Waals surface area contributed by atoms with Crippen LogP contribution in [0, 0.1) is 17.8 Å². The molecule has 0 aliphatic heterocycles. The summed E-state index contributed by atoms with van der Waals surface area (Å²) < 4.78 is 0. The van der Waals surface area contributed by atoms with Gasteiger partial charge in [0.2, 0.25) is 35.4 Å². The van der Waals surface area contributed by atoms with Gasteiger partial charge >= 0.3 is 17.9 Å². The van der Waals surface area contributed by atoms with E-state index in [2.05, 4.69) is 26.6 Å². The maximum atomic E-state index is 13.6. The number of nitrogens with two attached hydrogens (primary N) is 2. The van der Waals surface area contributed by atoms with Crippen LogP contribution in [0.2, 0.25) is 0 Å². The number of nitrogens with one attached hydrogen (secondary N) is 5. The Morgan fingerprint density at radius 1 is 0.580 bits per heavy atom. The number of primary amides is 1. The van der Waals surface area contributed by atoms with Crippen molar-refractivity contribution in [3.8, 4) is 0 Å². The van der Waals surface area contributed by atoms with E-state index in [1.54, 1.807) is 41.5 Å². The third-order valence-corrected chi connectivity index (χ3v) is 7.51. The average Bonchev–Trinajstić information content (AvgIpc) is 2.98. The SMILES string of the molecule is CC[C@H](C)[C@H](NC(=O)[C@H](CC(C)C)NC(=O)[C@H](CCC(N)=O)NC(=O)[C@@H](N)CC(=O)O)C(=O)N[C@@H](CC(=O)O)C(=O)N[C@@H](CC(C)C)C(=O)O. The molecule has 284 valence electrons. The van der Waals surface area contributed by atoms with Crippen molar-refractivity contribution in [3.63, 3.8) is 0 Å². The number of amides is 6. The Morgan fingerprint density at radius 2 is 1.02 bits per heavy atom. The Labute approximate surface area is 290 Å². The fourth-order valence-electron chi connectivity index (χ4n) is 4.66. The van der Waals surface area contributed by atoms with Gasteiger partial charge in [-0.1, -0.05) is 48.0 Å². The number of hydrogen-bond donors (Lipinski definition) is 10. The first-order valence-corrected chi connectivity index (χ1v) is 16.3. The number of aliphatic carboxylic acids is 3. The van der Waals surface area contributed by atoms with E-state index in [4.69, 9.17) is 16.6 Å². The first-order valence-electron chi connectivity index (χ1n) is 16.3. The van der Waals surface area contributed by atoms with E-state index in [0.29, 0.717) is 6.42 Å². The van der Waals surface area contributed by atoms with E-state index in [1.165, 1.54) is 0 Å². The third kappa shape index (κ3) is 17.5. The second-order valence-corrected chi connectivity index (χ2v) is 13.0. The fraction of sp³-hybridized carbons (Fsp3) is 0.710. The summed E-state index contributed by atoms with van der Waals surface area (Å²) in [4.78, 5) is 112. The van der Waals surface area contributed by atoms with Crippen LogP contribution >= 0.6 is 0 Å². The zero-order valence-corrected chi connectivity index (χ0v) is 29.3. The van der Waals surface area contributed by atoms with Gasteiger partial charge in [-0.05, 0) is 37.0 Å². The fourth-order valence-corrected chi connectivity index (χ4v) is 4.66. The first kappa shape index (κ1) is 45.2. The topological polar surface area (TPSA) is 327 Å². The molecule has 0 aromatic carbocycles. The highest BCUT2D eigenvalue weighted by atomic mass is 16.4. The normalized spacial score (nSPS) is 15.3. The van der Waals surface area contributed by atoms with Gasteiger partial charge in [0, 0.05) is 6.42 Å². The Morgan fingerprint density at radius 3 is 1.48 bits per heavy atom. The summed E-state index contributed by atoms with van der Waals surface area (Å²) in [5.41, 5.74) is 10.8. The minimum absolute atomic E-state index is 0.0257. The largest absolute Gasteiger partial charge is 0.481 e. The summed E-state index contributed by atoms with van der Waals surface area (Å²) in [7, 11) is 0. The minimum Gasteiger partial charge on any atom is -0.481 e. The van der Waals surface area contributed by atoms with Crippen molar-refractivity contribution < 1.29 is 58.5 Å². The highest BCUT2D eigenvalue weighted by Gasteiger charge is 2.35. The Bertz CT molecular complexity index is 1240. The first-order chi connectivity index (χ1) is 23.1. The summed E-state index contributed by atoms with van der Waals surface area (Å²) in [6.07, 6.45) is -1.94. The molecule has 0 heterocycles. The van der Waals surface area contributed by atoms with Crippen molar-refractivity contribution in [2.24, 2.45) is 29.2 Å². The van der Waals surface area contributed by atoms with Gasteiger partial charge in [0.1, 0.15) is 30.2 Å². The molecule has 0 fully saturated rings. The van der Waals surface area contributed by atoms with Gasteiger partial charge in [-0.15, -0.1) is 0 Å². The van der Waals surface area contributed by atoms with Gasteiger partial charge in [-0.3, -0.25) is 38.4 Å². The molecule has 0 unspecified atom stereocenters. The Hall–Kier alpha value is -4.81. The van der Waals surface area contributed by atoms with Crippen molar-refractivity contribution in [2.75, 3.05) is 0 Å². The van der Waals surface area contributed by atoms with E-state index in [1.807, 2.05) is 0 Å². The van der Waals surface area contributed by atoms with Crippen LogP contribution in [0.4, 0.5) is 0 Å². The monoisotopic (exact) mass is 715 g/mol. The highest BCUT2D eigenvalue weighted by molar-refractivity contribution is 5.97. The lowest BCUT2D eigenvalue weighted by Gasteiger charge is -2.29. The molecule has 0 spiro atoms. The lowest BCUT2D eigenvalue weighted by Crippen LogP contribution is -2.60. The van der Waals surface area contributed by atoms with Crippen LogP contribution in [0.15, 0.2) is 0 Å². The molecule has 19 heteroatoms. The molecule has 0 rings (SSSR count). The molecule has 0 saturated carbocycles. The summed E-state index contributed by atoms with van der Waals surface area (Å²) in [5, 5.41) is 39.7. The molecule has 19 nitrogen and oxygen atoms in total. The van der Waals surface area contributed by atoms with Crippen LogP contribution < -0.4 is 38.1 Å². The number of carbonyl (C=O) groups is 9. The molecule has 0 saturated heterocycles. The van der Waals surface area contributed by atoms with Crippen LogP contribution in [0.3, 0.4) is 0 Å². The molecule has 0 radical (unpaired) electrons. The molecule has 50 heavy (non-hydrogen) atoms. The standard InChI is InChI=1S/C31H53N7O12/c1-7-16(6)25(30(48)36-20(13-24(42)43)28(46)37-21(31(49)50)11-15(4)5)38-29(47)19(10-14(2)3)35-27(45)18(8-9-22(33)39)34-26(44)17(32)12-23(40)41/h14-21,25H,7-13,32H2,1-6H3,(H2,33,39)(H,34,44)(H,35,45)(H,36,48)(H,37,46)(H,38,47)(H,40,41)(H,42,43)(H,49,50)/t16-,17-,18-,19-,20-,21-,25-/m0/s1. The lowest BCUT2D eigenvalue weighted by molar-refractivity contribution is -0.144. The summed E-state index contributed by atoms with van der Waals surface area (Å²) in [6, 6.07) is -8.71. The van der Waals surface area contributed by atoms with Gasteiger partial charge in [-0.2, -0.15) is 0 Å². The predicted octanol–water partition coefficient (Wildman–Crippen LogP) is -1.82. The molecule has 7 atom stereocenters. The average molecular weight is 716 g/mol. The number of carboxylic acid groups (broad SMARTS) is 3. The van der Waals surface area contributed by atoms with Crippen molar-refractivity contribution in [1.29, 1.82) is 0 Å². The van der Waals surface area contributed by atoms with E-state index in [-0.39, 0.29) is 37.5 Å². The van der Waals surface area contributed by atoms with Crippen molar-refractivity contribution in [2.45, 2.75) is 123 Å². The van der Waals surface area contributed by atoms with Gasteiger partial charge in [0.05, 0.1) is 18.9 Å². The second-order valence-electron chi connectivity index (χ2n) is 13.0. The maximum absolute atomic E-state index is 13.6. The van der Waals surface area contributed by atoms with Crippen molar-refractivity contribution in [1.82, 2.24) is 26.6 Å². The van der Waals surface area contributed by atoms with E-state index in [9.17, 15) is 53.4 Å². The molecule has 12 N–H and O–H groups in total. The van der Waals surface area contributed by atoms with E-state index in [0.717, 1.165) is 0 Å². The summed E-state index contributed by atoms with van der Waals surface area (Å²) >= 11 is 0. The predicted molar refractivity (Wildman–Crippen MR) is 177 cm³/mol. The minimum atomic E-state index is -1.70. The lowest BCUT2D eigenvalue weighted by atomic mass is 9.96. The van der Waals surface area contributed by atoms with Crippen LogP contribution in [0.5, 0.6) is 0 Å². The number of rotatable bonds is 24. The molecule has 6 amide bonds. The molecule has 0 aliphatic carbocycles.